The lowest BCUT2D eigenvalue weighted by molar-refractivity contribution is -0.220. The first-order valence-corrected chi connectivity index (χ1v) is 9.88. The molecule has 0 N–H and O–H groups in total. The van der Waals surface area contributed by atoms with Gasteiger partial charge in [-0.05, 0) is 60.8 Å². The third-order valence-corrected chi connectivity index (χ3v) is 7.39. The van der Waals surface area contributed by atoms with E-state index in [4.69, 9.17) is 8.92 Å². The molecule has 1 heterocycles. The molecule has 0 saturated heterocycles. The number of rotatable bonds is 4. The van der Waals surface area contributed by atoms with Gasteiger partial charge >= 0.3 is 16.3 Å². The third-order valence-electron chi connectivity index (χ3n) is 5.98. The van der Waals surface area contributed by atoms with Crippen LogP contribution in [-0.4, -0.2) is 20.3 Å². The minimum Gasteiger partial charge on any atom is -0.382 e. The molecular formula is C17H19F3O4S. The van der Waals surface area contributed by atoms with Gasteiger partial charge in [0.05, 0.1) is 24.4 Å². The van der Waals surface area contributed by atoms with E-state index in [9.17, 15) is 21.6 Å². The summed E-state index contributed by atoms with van der Waals surface area (Å²) in [5.74, 6) is -0.162. The number of alkyl halides is 3. The second kappa shape index (κ2) is 5.36. The normalized spacial score (nSPS) is 31.3. The van der Waals surface area contributed by atoms with Crippen LogP contribution in [-0.2, 0) is 28.1 Å². The van der Waals surface area contributed by atoms with Crippen LogP contribution in [0.3, 0.4) is 0 Å². The number of hydrogen-bond donors (Lipinski definition) is 0. The average Bonchev–Trinajstić information content (AvgIpc) is 3.17. The molecule has 4 nitrogen and oxygen atoms in total. The van der Waals surface area contributed by atoms with Crippen molar-refractivity contribution in [3.63, 3.8) is 0 Å². The molecule has 0 spiro atoms. The lowest BCUT2D eigenvalue weighted by atomic mass is 9.82. The highest BCUT2D eigenvalue weighted by atomic mass is 32.2. The van der Waals surface area contributed by atoms with Gasteiger partial charge in [0.15, 0.2) is 0 Å². The van der Waals surface area contributed by atoms with Crippen LogP contribution in [0.4, 0.5) is 13.2 Å². The fourth-order valence-electron chi connectivity index (χ4n) is 4.66. The third kappa shape index (κ3) is 2.93. The fraction of sp³-hybridized carbons (Fsp3) is 0.647. The van der Waals surface area contributed by atoms with Gasteiger partial charge in [-0.15, -0.1) is 0 Å². The maximum absolute atomic E-state index is 13.3. The van der Waals surface area contributed by atoms with Crippen LogP contribution in [0.1, 0.15) is 43.2 Å². The first kappa shape index (κ1) is 17.1. The van der Waals surface area contributed by atoms with Crippen LogP contribution < -0.4 is 4.18 Å². The highest BCUT2D eigenvalue weighted by Crippen LogP contribution is 2.67. The molecule has 2 fully saturated rings. The van der Waals surface area contributed by atoms with Crippen molar-refractivity contribution < 1.29 is 30.5 Å². The molecule has 3 aliphatic rings. The number of fused-ring (bicyclic) bond motifs is 3. The van der Waals surface area contributed by atoms with Gasteiger partial charge in [0.2, 0.25) is 0 Å². The van der Waals surface area contributed by atoms with Gasteiger partial charge in [0.25, 0.3) is 0 Å². The van der Waals surface area contributed by atoms with E-state index in [2.05, 4.69) is 0 Å². The van der Waals surface area contributed by atoms with Crippen molar-refractivity contribution in [3.05, 3.63) is 29.3 Å². The van der Waals surface area contributed by atoms with Crippen molar-refractivity contribution in [1.82, 2.24) is 0 Å². The van der Waals surface area contributed by atoms with Gasteiger partial charge in [0.1, 0.15) is 5.75 Å². The number of halogens is 3. The van der Waals surface area contributed by atoms with E-state index in [0.29, 0.717) is 13.2 Å². The summed E-state index contributed by atoms with van der Waals surface area (Å²) < 4.78 is 75.4. The standard InChI is InChI=1S/C17H19F3O4S/c18-17(19,20)16-5-3-15(10-16,4-6-16)11-25(21,22)24-14-2-1-12-8-23-9-13(12)7-14/h1-2,7H,3-6,8-11H2. The molecule has 1 aromatic carbocycles. The Hall–Kier alpha value is -1.28. The predicted octanol–water partition coefficient (Wildman–Crippen LogP) is 3.94. The molecule has 2 bridgehead atoms. The number of benzene rings is 1. The Morgan fingerprint density at radius 2 is 1.76 bits per heavy atom. The summed E-state index contributed by atoms with van der Waals surface area (Å²) in [5.41, 5.74) is -0.643. The molecule has 0 aromatic heterocycles. The SMILES string of the molecule is O=S(=O)(CC12CCC(C(F)(F)F)(CC1)C2)Oc1ccc2c(c1)COC2. The Labute approximate surface area is 144 Å². The van der Waals surface area contributed by atoms with E-state index in [-0.39, 0.29) is 43.6 Å². The van der Waals surface area contributed by atoms with E-state index in [1.165, 1.54) is 0 Å². The first-order chi connectivity index (χ1) is 11.6. The molecule has 4 rings (SSSR count). The lowest BCUT2D eigenvalue weighted by Gasteiger charge is -2.29. The van der Waals surface area contributed by atoms with E-state index in [1.54, 1.807) is 18.2 Å². The van der Waals surface area contributed by atoms with Crippen molar-refractivity contribution >= 4 is 10.1 Å². The summed E-state index contributed by atoms with van der Waals surface area (Å²) in [6.07, 6.45) is -3.77. The Morgan fingerprint density at radius 1 is 1.08 bits per heavy atom. The van der Waals surface area contributed by atoms with E-state index in [1.807, 2.05) is 0 Å². The summed E-state index contributed by atoms with van der Waals surface area (Å²) in [6.45, 7) is 0.898. The molecule has 1 aliphatic heterocycles. The monoisotopic (exact) mass is 376 g/mol. The quantitative estimate of drug-likeness (QED) is 0.747. The largest absolute Gasteiger partial charge is 0.394 e. The van der Waals surface area contributed by atoms with Gasteiger partial charge in [-0.1, -0.05) is 6.07 Å². The van der Waals surface area contributed by atoms with Gasteiger partial charge in [-0.3, -0.25) is 0 Å². The van der Waals surface area contributed by atoms with Crippen molar-refractivity contribution in [3.8, 4) is 5.75 Å². The van der Waals surface area contributed by atoms with Crippen LogP contribution in [0.2, 0.25) is 0 Å². The van der Waals surface area contributed by atoms with Crippen LogP contribution in [0.5, 0.6) is 5.75 Å². The van der Waals surface area contributed by atoms with Gasteiger partial charge in [-0.2, -0.15) is 21.6 Å². The molecule has 0 atom stereocenters. The Morgan fingerprint density at radius 3 is 2.40 bits per heavy atom. The molecule has 8 heteroatoms. The topological polar surface area (TPSA) is 52.6 Å². The van der Waals surface area contributed by atoms with E-state index < -0.39 is 27.1 Å². The summed E-state index contributed by atoms with van der Waals surface area (Å²) in [7, 11) is -3.96. The van der Waals surface area contributed by atoms with Crippen LogP contribution in [0, 0.1) is 10.8 Å². The van der Waals surface area contributed by atoms with Crippen LogP contribution in [0.25, 0.3) is 0 Å². The molecular weight excluding hydrogens is 357 g/mol. The molecule has 0 amide bonds. The summed E-state index contributed by atoms with van der Waals surface area (Å²) in [6, 6.07) is 4.94. The maximum Gasteiger partial charge on any atom is 0.394 e. The molecule has 2 saturated carbocycles. The minimum absolute atomic E-state index is 0.0161. The first-order valence-electron chi connectivity index (χ1n) is 8.31. The van der Waals surface area contributed by atoms with E-state index in [0.717, 1.165) is 11.1 Å². The molecule has 138 valence electrons. The minimum atomic E-state index is -4.27. The Bertz CT molecular complexity index is 793. The van der Waals surface area contributed by atoms with E-state index >= 15 is 0 Å². The zero-order valence-corrected chi connectivity index (χ0v) is 14.4. The van der Waals surface area contributed by atoms with Crippen molar-refractivity contribution in [2.45, 2.75) is 51.5 Å². The Balaban J connectivity index is 1.49. The van der Waals surface area contributed by atoms with Crippen LogP contribution >= 0.6 is 0 Å². The van der Waals surface area contributed by atoms with Crippen molar-refractivity contribution in [2.75, 3.05) is 5.75 Å². The van der Waals surface area contributed by atoms with Crippen molar-refractivity contribution in [2.24, 2.45) is 10.8 Å². The van der Waals surface area contributed by atoms with Gasteiger partial charge in [0, 0.05) is 0 Å². The van der Waals surface area contributed by atoms with Gasteiger partial charge in [-0.25, -0.2) is 0 Å². The maximum atomic E-state index is 13.3. The summed E-state index contributed by atoms with van der Waals surface area (Å²) in [5, 5.41) is 0. The molecule has 0 radical (unpaired) electrons. The number of ether oxygens (including phenoxy) is 1. The predicted molar refractivity (Wildman–Crippen MR) is 83.4 cm³/mol. The fourth-order valence-corrected chi connectivity index (χ4v) is 6.26. The smallest absolute Gasteiger partial charge is 0.382 e. The number of hydrogen-bond acceptors (Lipinski definition) is 4. The zero-order chi connectivity index (χ0) is 17.9. The molecule has 0 unspecified atom stereocenters. The van der Waals surface area contributed by atoms with Gasteiger partial charge < -0.3 is 8.92 Å². The molecule has 2 aliphatic carbocycles. The highest BCUT2D eigenvalue weighted by Gasteiger charge is 2.66. The summed E-state index contributed by atoms with van der Waals surface area (Å²) in [4.78, 5) is 0. The zero-order valence-electron chi connectivity index (χ0n) is 13.6. The highest BCUT2D eigenvalue weighted by molar-refractivity contribution is 7.87. The molecule has 25 heavy (non-hydrogen) atoms. The second-order valence-corrected chi connectivity index (χ2v) is 9.23. The van der Waals surface area contributed by atoms with Crippen LogP contribution in [0.15, 0.2) is 18.2 Å². The second-order valence-electron chi connectivity index (χ2n) is 7.66. The lowest BCUT2D eigenvalue weighted by Crippen LogP contribution is -2.33. The Kier molecular flexibility index (Phi) is 3.68. The summed E-state index contributed by atoms with van der Waals surface area (Å²) >= 11 is 0. The van der Waals surface area contributed by atoms with Crippen molar-refractivity contribution in [1.29, 1.82) is 0 Å². The average molecular weight is 376 g/mol. The molecule has 1 aromatic rings.